The quantitative estimate of drug-likeness (QED) is 0.718. The summed E-state index contributed by atoms with van der Waals surface area (Å²) in [6, 6.07) is 0.109. The number of carbonyl (C=O) groups is 2. The summed E-state index contributed by atoms with van der Waals surface area (Å²) < 4.78 is 0. The van der Waals surface area contributed by atoms with Crippen LogP contribution in [0.5, 0.6) is 0 Å². The molecule has 0 spiro atoms. The van der Waals surface area contributed by atoms with E-state index in [0.717, 1.165) is 12.8 Å². The Labute approximate surface area is 115 Å². The van der Waals surface area contributed by atoms with Gasteiger partial charge in [-0.05, 0) is 18.8 Å². The molecule has 1 unspecified atom stereocenters. The Kier molecular flexibility index (Phi) is 7.30. The minimum Gasteiger partial charge on any atom is -0.481 e. The highest BCUT2D eigenvalue weighted by Crippen LogP contribution is 2.16. The second-order valence-electron chi connectivity index (χ2n) is 5.60. The van der Waals surface area contributed by atoms with Crippen LogP contribution in [-0.2, 0) is 4.79 Å². The Balaban J connectivity index is 2.19. The summed E-state index contributed by atoms with van der Waals surface area (Å²) in [7, 11) is 0. The van der Waals surface area contributed by atoms with Gasteiger partial charge < -0.3 is 15.7 Å². The Morgan fingerprint density at radius 2 is 1.74 bits per heavy atom. The van der Waals surface area contributed by atoms with Crippen molar-refractivity contribution in [2.24, 2.45) is 5.92 Å². The number of hydrogen-bond acceptors (Lipinski definition) is 2. The monoisotopic (exact) mass is 270 g/mol. The van der Waals surface area contributed by atoms with E-state index in [4.69, 9.17) is 5.11 Å². The molecule has 5 heteroatoms. The fraction of sp³-hybridized carbons (Fsp3) is 0.857. The third-order valence-electron chi connectivity index (χ3n) is 3.57. The maximum atomic E-state index is 11.7. The lowest BCUT2D eigenvalue weighted by Crippen LogP contribution is -2.43. The molecule has 1 saturated carbocycles. The fourth-order valence-electron chi connectivity index (χ4n) is 2.47. The molecule has 19 heavy (non-hydrogen) atoms. The Morgan fingerprint density at radius 1 is 1.16 bits per heavy atom. The van der Waals surface area contributed by atoms with Gasteiger partial charge >= 0.3 is 12.0 Å². The lowest BCUT2D eigenvalue weighted by Gasteiger charge is -2.21. The fourth-order valence-corrected chi connectivity index (χ4v) is 2.47. The minimum absolute atomic E-state index is 0.0411. The first-order chi connectivity index (χ1) is 9.08. The van der Waals surface area contributed by atoms with Crippen molar-refractivity contribution >= 4 is 12.0 Å². The van der Waals surface area contributed by atoms with E-state index < -0.39 is 5.97 Å². The first kappa shape index (κ1) is 15.8. The van der Waals surface area contributed by atoms with Gasteiger partial charge in [0.2, 0.25) is 0 Å². The molecule has 1 aliphatic carbocycles. The molecule has 1 rings (SSSR count). The Morgan fingerprint density at radius 3 is 2.32 bits per heavy atom. The van der Waals surface area contributed by atoms with Gasteiger partial charge in [0.1, 0.15) is 0 Å². The van der Waals surface area contributed by atoms with Crippen LogP contribution in [0, 0.1) is 5.92 Å². The molecule has 0 aromatic carbocycles. The molecule has 0 heterocycles. The largest absolute Gasteiger partial charge is 0.481 e. The van der Waals surface area contributed by atoms with Gasteiger partial charge in [-0.3, -0.25) is 4.79 Å². The summed E-state index contributed by atoms with van der Waals surface area (Å²) in [5.74, 6) is -0.865. The maximum Gasteiger partial charge on any atom is 0.315 e. The molecule has 2 amide bonds. The molecule has 0 saturated heterocycles. The van der Waals surface area contributed by atoms with Gasteiger partial charge in [0, 0.05) is 19.0 Å². The number of nitrogens with one attached hydrogen (secondary N) is 2. The van der Waals surface area contributed by atoms with E-state index in [1.54, 1.807) is 0 Å². The number of hydrogen-bond donors (Lipinski definition) is 3. The van der Waals surface area contributed by atoms with Crippen molar-refractivity contribution < 1.29 is 14.7 Å². The van der Waals surface area contributed by atoms with Crippen LogP contribution < -0.4 is 10.6 Å². The van der Waals surface area contributed by atoms with E-state index >= 15 is 0 Å². The number of rotatable bonds is 5. The van der Waals surface area contributed by atoms with Gasteiger partial charge in [-0.25, -0.2) is 4.79 Å². The molecular formula is C14H26N2O3. The van der Waals surface area contributed by atoms with E-state index in [0.29, 0.717) is 6.54 Å². The molecule has 0 aromatic rings. The molecular weight excluding hydrogens is 244 g/mol. The molecule has 1 atom stereocenters. The summed E-state index contributed by atoms with van der Waals surface area (Å²) >= 11 is 0. The molecule has 0 aromatic heterocycles. The summed E-state index contributed by atoms with van der Waals surface area (Å²) in [5, 5.41) is 14.4. The minimum atomic E-state index is -0.824. The third-order valence-corrected chi connectivity index (χ3v) is 3.57. The summed E-state index contributed by atoms with van der Waals surface area (Å²) in [4.78, 5) is 22.2. The Hall–Kier alpha value is -1.26. The van der Waals surface area contributed by atoms with E-state index in [2.05, 4.69) is 10.6 Å². The van der Waals surface area contributed by atoms with Crippen molar-refractivity contribution in [1.82, 2.24) is 10.6 Å². The lowest BCUT2D eigenvalue weighted by molar-refractivity contribution is -0.137. The maximum absolute atomic E-state index is 11.7. The van der Waals surface area contributed by atoms with Gasteiger partial charge in [-0.1, -0.05) is 39.0 Å². The highest BCUT2D eigenvalue weighted by Gasteiger charge is 2.14. The van der Waals surface area contributed by atoms with E-state index in [-0.39, 0.29) is 24.4 Å². The van der Waals surface area contributed by atoms with Crippen molar-refractivity contribution in [2.45, 2.75) is 64.3 Å². The number of carboxylic acid groups (broad SMARTS) is 1. The summed E-state index contributed by atoms with van der Waals surface area (Å²) in [6.45, 7) is 2.23. The molecule has 3 N–H and O–H groups in total. The number of carbonyl (C=O) groups excluding carboxylic acids is 1. The topological polar surface area (TPSA) is 78.4 Å². The first-order valence-corrected chi connectivity index (χ1v) is 7.34. The smallest absolute Gasteiger partial charge is 0.315 e. The first-order valence-electron chi connectivity index (χ1n) is 7.34. The molecule has 1 fully saturated rings. The number of urea groups is 1. The van der Waals surface area contributed by atoms with Crippen LogP contribution in [0.15, 0.2) is 0 Å². The zero-order valence-corrected chi connectivity index (χ0v) is 11.8. The molecule has 1 aliphatic rings. The third kappa shape index (κ3) is 7.70. The van der Waals surface area contributed by atoms with Crippen LogP contribution in [0.1, 0.15) is 58.3 Å². The highest BCUT2D eigenvalue weighted by molar-refractivity contribution is 5.74. The van der Waals surface area contributed by atoms with Gasteiger partial charge in [0.05, 0.1) is 0 Å². The second-order valence-corrected chi connectivity index (χ2v) is 5.60. The van der Waals surface area contributed by atoms with Crippen LogP contribution in [0.25, 0.3) is 0 Å². The second kappa shape index (κ2) is 8.77. The van der Waals surface area contributed by atoms with Gasteiger partial charge in [0.15, 0.2) is 0 Å². The van der Waals surface area contributed by atoms with Gasteiger partial charge in [0.25, 0.3) is 0 Å². The molecule has 110 valence electrons. The highest BCUT2D eigenvalue weighted by atomic mass is 16.4. The summed E-state index contributed by atoms with van der Waals surface area (Å²) in [6.07, 6.45) is 8.39. The summed E-state index contributed by atoms with van der Waals surface area (Å²) in [5.41, 5.74) is 0. The molecule has 0 bridgehead atoms. The molecule has 0 radical (unpaired) electrons. The van der Waals surface area contributed by atoms with Gasteiger partial charge in [-0.15, -0.1) is 0 Å². The van der Waals surface area contributed by atoms with Crippen LogP contribution in [-0.4, -0.2) is 29.7 Å². The van der Waals surface area contributed by atoms with Crippen molar-refractivity contribution in [2.75, 3.05) is 6.54 Å². The van der Waals surface area contributed by atoms with Crippen LogP contribution in [0.4, 0.5) is 4.79 Å². The number of amides is 2. The van der Waals surface area contributed by atoms with Crippen molar-refractivity contribution in [3.8, 4) is 0 Å². The lowest BCUT2D eigenvalue weighted by atomic mass is 9.97. The van der Waals surface area contributed by atoms with Crippen LogP contribution in [0.2, 0.25) is 0 Å². The molecule has 5 nitrogen and oxygen atoms in total. The molecule has 0 aliphatic heterocycles. The van der Waals surface area contributed by atoms with E-state index in [9.17, 15) is 9.59 Å². The van der Waals surface area contributed by atoms with Crippen molar-refractivity contribution in [3.63, 3.8) is 0 Å². The van der Waals surface area contributed by atoms with Crippen molar-refractivity contribution in [3.05, 3.63) is 0 Å². The van der Waals surface area contributed by atoms with Gasteiger partial charge in [-0.2, -0.15) is 0 Å². The van der Waals surface area contributed by atoms with Crippen molar-refractivity contribution in [1.29, 1.82) is 0 Å². The van der Waals surface area contributed by atoms with Crippen LogP contribution >= 0.6 is 0 Å². The predicted molar refractivity (Wildman–Crippen MR) is 74.1 cm³/mol. The van der Waals surface area contributed by atoms with E-state index in [1.807, 2.05) is 6.92 Å². The Bertz CT molecular complexity index is 286. The zero-order valence-electron chi connectivity index (χ0n) is 11.8. The predicted octanol–water partition coefficient (Wildman–Crippen LogP) is 2.51. The average Bonchev–Trinajstić information content (AvgIpc) is 2.29. The van der Waals surface area contributed by atoms with Crippen LogP contribution in [0.3, 0.4) is 0 Å². The normalized spacial score (nSPS) is 19.0. The SMILES string of the molecule is CC(CNC(=O)NC1CCCCCCC1)CC(=O)O. The average molecular weight is 270 g/mol. The standard InChI is InChI=1S/C14H26N2O3/c1-11(9-13(17)18)10-15-14(19)16-12-7-5-3-2-4-6-8-12/h11-12H,2-10H2,1H3,(H,17,18)(H2,15,16,19). The number of aliphatic carboxylic acids is 1. The zero-order chi connectivity index (χ0) is 14.1. The number of carboxylic acids is 1. The van der Waals surface area contributed by atoms with E-state index in [1.165, 1.54) is 32.1 Å².